The molecule has 0 unspecified atom stereocenters. The molecule has 3 N–H and O–H groups in total. The summed E-state index contributed by atoms with van der Waals surface area (Å²) in [6.07, 6.45) is 5.77. The van der Waals surface area contributed by atoms with Crippen molar-refractivity contribution in [3.63, 3.8) is 0 Å². The largest absolute Gasteiger partial charge is 0.398 e. The highest BCUT2D eigenvalue weighted by atomic mass is 32.2. The molecule has 0 aliphatic carbocycles. The maximum absolute atomic E-state index is 6.15. The average molecular weight is 259 g/mol. The van der Waals surface area contributed by atoms with Crippen LogP contribution in [0.25, 0.3) is 5.57 Å². The van der Waals surface area contributed by atoms with Gasteiger partial charge in [0.1, 0.15) is 0 Å². The lowest BCUT2D eigenvalue weighted by Crippen LogP contribution is -2.02. The fourth-order valence-electron chi connectivity index (χ4n) is 2.04. The Bertz CT molecular complexity index is 585. The number of H-pyrrole nitrogens is 1. The fourth-order valence-corrected chi connectivity index (χ4v) is 3.11. The smallest absolute Gasteiger partial charge is 0.0924 e. The number of imidazole rings is 1. The minimum Gasteiger partial charge on any atom is -0.398 e. The number of nitrogens with zero attached hydrogens (tertiary/aromatic N) is 1. The van der Waals surface area contributed by atoms with Gasteiger partial charge in [-0.15, -0.1) is 11.8 Å². The Labute approximate surface area is 112 Å². The average Bonchev–Trinajstić information content (AvgIpc) is 2.87. The van der Waals surface area contributed by atoms with E-state index >= 15 is 0 Å². The van der Waals surface area contributed by atoms with E-state index in [1.165, 1.54) is 16.0 Å². The van der Waals surface area contributed by atoms with E-state index in [1.807, 2.05) is 13.1 Å². The summed E-state index contributed by atoms with van der Waals surface area (Å²) < 4.78 is 0. The number of nitrogens with two attached hydrogens (primary N) is 1. The highest BCUT2D eigenvalue weighted by Crippen LogP contribution is 2.40. The first kappa shape index (κ1) is 12.8. The zero-order valence-electron chi connectivity index (χ0n) is 9.53. The van der Waals surface area contributed by atoms with Crippen LogP contribution in [0, 0.1) is 6.92 Å². The standard InChI is InChI=1S/C13H13N3S.CH4/c1-8-2-3-10-9(11-6-15-7-16-11)4-5-17-13(10)12(8)14;/h2-4,6-7H,5,14H2,1H3,(H,15,16);1H4. The van der Waals surface area contributed by atoms with Crippen LogP contribution in [0.15, 0.2) is 35.6 Å². The van der Waals surface area contributed by atoms with Crippen molar-refractivity contribution in [3.05, 3.63) is 47.6 Å². The van der Waals surface area contributed by atoms with Gasteiger partial charge in [0.25, 0.3) is 0 Å². The molecule has 1 aromatic carbocycles. The van der Waals surface area contributed by atoms with E-state index in [0.29, 0.717) is 0 Å². The number of benzene rings is 1. The second kappa shape index (κ2) is 4.90. The Morgan fingerprint density at radius 1 is 1.39 bits per heavy atom. The molecule has 18 heavy (non-hydrogen) atoms. The zero-order valence-corrected chi connectivity index (χ0v) is 10.3. The molecular weight excluding hydrogens is 242 g/mol. The molecule has 1 aromatic heterocycles. The summed E-state index contributed by atoms with van der Waals surface area (Å²) in [4.78, 5) is 8.42. The second-order valence-electron chi connectivity index (χ2n) is 4.07. The molecule has 4 heteroatoms. The summed E-state index contributed by atoms with van der Waals surface area (Å²) in [5, 5.41) is 0. The number of rotatable bonds is 1. The van der Waals surface area contributed by atoms with E-state index in [9.17, 15) is 0 Å². The van der Waals surface area contributed by atoms with E-state index in [1.54, 1.807) is 18.1 Å². The molecule has 2 aromatic rings. The Balaban J connectivity index is 0.00000120. The number of nitrogen functional groups attached to an aromatic ring is 1. The molecule has 1 aliphatic heterocycles. The van der Waals surface area contributed by atoms with Gasteiger partial charge in [0, 0.05) is 21.9 Å². The lowest BCUT2D eigenvalue weighted by Gasteiger charge is -2.19. The summed E-state index contributed by atoms with van der Waals surface area (Å²) in [5.74, 6) is 0.953. The van der Waals surface area contributed by atoms with Crippen LogP contribution in [0.4, 0.5) is 5.69 Å². The number of aromatic nitrogens is 2. The SMILES string of the molecule is C.Cc1ccc2c(c1N)SCC=C2c1cnc[nH]1. The summed E-state index contributed by atoms with van der Waals surface area (Å²) in [7, 11) is 0. The highest BCUT2D eigenvalue weighted by molar-refractivity contribution is 7.99. The molecule has 0 saturated heterocycles. The Kier molecular flexibility index (Phi) is 3.48. The van der Waals surface area contributed by atoms with Crippen LogP contribution in [0.5, 0.6) is 0 Å². The monoisotopic (exact) mass is 259 g/mol. The molecule has 3 nitrogen and oxygen atoms in total. The van der Waals surface area contributed by atoms with Gasteiger partial charge in [0.15, 0.2) is 0 Å². The minimum atomic E-state index is 0. The van der Waals surface area contributed by atoms with Gasteiger partial charge in [-0.25, -0.2) is 4.98 Å². The van der Waals surface area contributed by atoms with Crippen LogP contribution in [0.3, 0.4) is 0 Å². The van der Waals surface area contributed by atoms with Gasteiger partial charge in [-0.2, -0.15) is 0 Å². The van der Waals surface area contributed by atoms with Crippen LogP contribution < -0.4 is 5.73 Å². The van der Waals surface area contributed by atoms with Gasteiger partial charge in [-0.3, -0.25) is 0 Å². The summed E-state index contributed by atoms with van der Waals surface area (Å²) in [5.41, 5.74) is 11.6. The van der Waals surface area contributed by atoms with Crippen molar-refractivity contribution in [1.29, 1.82) is 0 Å². The predicted molar refractivity (Wildman–Crippen MR) is 78.7 cm³/mol. The lowest BCUT2D eigenvalue weighted by molar-refractivity contribution is 1.27. The Morgan fingerprint density at radius 3 is 2.94 bits per heavy atom. The van der Waals surface area contributed by atoms with Crippen molar-refractivity contribution in [2.24, 2.45) is 0 Å². The van der Waals surface area contributed by atoms with E-state index in [0.717, 1.165) is 22.7 Å². The molecule has 0 bridgehead atoms. The zero-order chi connectivity index (χ0) is 11.8. The predicted octanol–water partition coefficient (Wildman–Crippen LogP) is 3.47. The number of fused-ring (bicyclic) bond motifs is 1. The van der Waals surface area contributed by atoms with Crippen LogP contribution in [0.1, 0.15) is 24.2 Å². The van der Waals surface area contributed by atoms with Crippen molar-refractivity contribution in [1.82, 2.24) is 9.97 Å². The molecular formula is C14H17N3S. The van der Waals surface area contributed by atoms with Crippen molar-refractivity contribution < 1.29 is 0 Å². The van der Waals surface area contributed by atoms with E-state index in [-0.39, 0.29) is 7.43 Å². The maximum atomic E-state index is 6.15. The molecule has 0 saturated carbocycles. The van der Waals surface area contributed by atoms with Crippen LogP contribution in [-0.2, 0) is 0 Å². The highest BCUT2D eigenvalue weighted by Gasteiger charge is 2.18. The van der Waals surface area contributed by atoms with Crippen molar-refractivity contribution >= 4 is 23.0 Å². The molecule has 3 rings (SSSR count). The minimum absolute atomic E-state index is 0. The number of thioether (sulfide) groups is 1. The van der Waals surface area contributed by atoms with Crippen molar-refractivity contribution in [2.45, 2.75) is 19.2 Å². The number of nitrogens with one attached hydrogen (secondary N) is 1. The van der Waals surface area contributed by atoms with Gasteiger partial charge in [-0.1, -0.05) is 25.6 Å². The number of hydrogen-bond donors (Lipinski definition) is 2. The van der Waals surface area contributed by atoms with Gasteiger partial charge in [-0.05, 0) is 18.1 Å². The van der Waals surface area contributed by atoms with Crippen molar-refractivity contribution in [3.8, 4) is 0 Å². The normalized spacial score (nSPS) is 13.5. The molecule has 0 atom stereocenters. The molecule has 0 spiro atoms. The van der Waals surface area contributed by atoms with E-state index < -0.39 is 0 Å². The summed E-state index contributed by atoms with van der Waals surface area (Å²) >= 11 is 1.79. The summed E-state index contributed by atoms with van der Waals surface area (Å²) in [6.45, 7) is 2.05. The fraction of sp³-hybridized carbons (Fsp3) is 0.214. The first-order chi connectivity index (χ1) is 8.27. The quantitative estimate of drug-likeness (QED) is 0.771. The second-order valence-corrected chi connectivity index (χ2v) is 5.10. The van der Waals surface area contributed by atoms with Gasteiger partial charge in [0.2, 0.25) is 0 Å². The Morgan fingerprint density at radius 2 is 2.22 bits per heavy atom. The van der Waals surface area contributed by atoms with Gasteiger partial charge >= 0.3 is 0 Å². The lowest BCUT2D eigenvalue weighted by atomic mass is 10.00. The number of anilines is 1. The van der Waals surface area contributed by atoms with Crippen LogP contribution in [-0.4, -0.2) is 15.7 Å². The van der Waals surface area contributed by atoms with Crippen LogP contribution in [0.2, 0.25) is 0 Å². The molecule has 0 amide bonds. The first-order valence-corrected chi connectivity index (χ1v) is 6.47. The molecule has 1 aliphatic rings. The van der Waals surface area contributed by atoms with E-state index in [2.05, 4.69) is 28.2 Å². The first-order valence-electron chi connectivity index (χ1n) is 5.48. The van der Waals surface area contributed by atoms with Gasteiger partial charge < -0.3 is 10.7 Å². The molecule has 0 fully saturated rings. The van der Waals surface area contributed by atoms with Crippen molar-refractivity contribution in [2.75, 3.05) is 11.5 Å². The number of aryl methyl sites for hydroxylation is 1. The van der Waals surface area contributed by atoms with Crippen LogP contribution >= 0.6 is 11.8 Å². The third kappa shape index (κ3) is 1.93. The summed E-state index contributed by atoms with van der Waals surface area (Å²) in [6, 6.07) is 4.21. The molecule has 94 valence electrons. The third-order valence-corrected chi connectivity index (χ3v) is 4.07. The van der Waals surface area contributed by atoms with E-state index in [4.69, 9.17) is 5.73 Å². The number of hydrogen-bond acceptors (Lipinski definition) is 3. The topological polar surface area (TPSA) is 54.7 Å². The third-order valence-electron chi connectivity index (χ3n) is 3.01. The molecule has 0 radical (unpaired) electrons. The molecule has 2 heterocycles. The number of aromatic amines is 1. The van der Waals surface area contributed by atoms with Gasteiger partial charge in [0.05, 0.1) is 18.2 Å². The maximum Gasteiger partial charge on any atom is 0.0924 e. The Hall–Kier alpha value is -1.68.